The smallest absolute Gasteiger partial charge is 0.169 e. The Bertz CT molecular complexity index is 1720. The van der Waals surface area contributed by atoms with Crippen molar-refractivity contribution in [2.45, 2.75) is 6.54 Å². The normalized spacial score (nSPS) is 12.6. The van der Waals surface area contributed by atoms with Gasteiger partial charge in [-0.3, -0.25) is 4.99 Å². The molecule has 0 aliphatic heterocycles. The largest absolute Gasteiger partial charge is 0.361 e. The molecule has 206 valence electrons. The number of aromatic amines is 1. The predicted molar refractivity (Wildman–Crippen MR) is 182 cm³/mol. The molecule has 0 aliphatic rings. The zero-order chi connectivity index (χ0) is 28.3. The lowest BCUT2D eigenvalue weighted by molar-refractivity contribution is -0.692. The van der Waals surface area contributed by atoms with Gasteiger partial charge < -0.3 is 9.55 Å². The Labute approximate surface area is 250 Å². The Morgan fingerprint density at radius 3 is 2.56 bits per heavy atom. The van der Waals surface area contributed by atoms with Crippen molar-refractivity contribution in [1.29, 1.82) is 0 Å². The molecule has 1 N–H and O–H groups in total. The number of benzene rings is 2. The van der Waals surface area contributed by atoms with E-state index in [2.05, 4.69) is 130 Å². The number of aromatic nitrogens is 3. The molecule has 3 heterocycles. The molecule has 5 aromatic rings. The monoisotopic (exact) mass is 575 g/mol. The maximum absolute atomic E-state index is 4.54. The highest BCUT2D eigenvalue weighted by atomic mass is 33.1. The van der Waals surface area contributed by atoms with Gasteiger partial charge in [0.2, 0.25) is 0 Å². The SMILES string of the molecule is C=CC(/C=C/c1c[nH]c2ccccc12)=C\C=NCCSSCC[n+]1ccc(/C=C/c2cn(C)c3ccccc23)cc1. The van der Waals surface area contributed by atoms with E-state index in [1.807, 2.05) is 52.2 Å². The van der Waals surface area contributed by atoms with Crippen LogP contribution in [0.15, 0.2) is 121 Å². The molecular formula is C35H35N4S2+. The van der Waals surface area contributed by atoms with Gasteiger partial charge in [0.1, 0.15) is 0 Å². The van der Waals surface area contributed by atoms with E-state index in [0.717, 1.165) is 35.7 Å². The lowest BCUT2D eigenvalue weighted by Crippen LogP contribution is -2.33. The quantitative estimate of drug-likeness (QED) is 0.0503. The zero-order valence-electron chi connectivity index (χ0n) is 23.3. The molecule has 4 nitrogen and oxygen atoms in total. The zero-order valence-corrected chi connectivity index (χ0v) is 25.0. The summed E-state index contributed by atoms with van der Waals surface area (Å²) in [6.07, 6.45) is 22.9. The Hall–Kier alpha value is -4.00. The van der Waals surface area contributed by atoms with E-state index in [9.17, 15) is 0 Å². The first-order valence-electron chi connectivity index (χ1n) is 13.7. The number of aryl methyl sites for hydroxylation is 2. The minimum Gasteiger partial charge on any atom is -0.361 e. The first kappa shape index (κ1) is 28.5. The van der Waals surface area contributed by atoms with E-state index < -0.39 is 0 Å². The fourth-order valence-electron chi connectivity index (χ4n) is 4.59. The summed E-state index contributed by atoms with van der Waals surface area (Å²) < 4.78 is 4.42. The Balaban J connectivity index is 0.997. The molecule has 41 heavy (non-hydrogen) atoms. The summed E-state index contributed by atoms with van der Waals surface area (Å²) in [5.74, 6) is 2.05. The van der Waals surface area contributed by atoms with Crippen molar-refractivity contribution in [2.24, 2.45) is 12.0 Å². The summed E-state index contributed by atoms with van der Waals surface area (Å²) in [6.45, 7) is 5.72. The number of nitrogens with one attached hydrogen (secondary N) is 1. The molecular weight excluding hydrogens is 541 g/mol. The molecule has 0 amide bonds. The minimum absolute atomic E-state index is 0.801. The van der Waals surface area contributed by atoms with Crippen molar-refractivity contribution in [3.63, 3.8) is 0 Å². The van der Waals surface area contributed by atoms with Crippen molar-refractivity contribution < 1.29 is 4.57 Å². The van der Waals surface area contributed by atoms with E-state index in [4.69, 9.17) is 0 Å². The lowest BCUT2D eigenvalue weighted by Gasteiger charge is -1.99. The second-order valence-corrected chi connectivity index (χ2v) is 12.3. The van der Waals surface area contributed by atoms with E-state index in [0.29, 0.717) is 0 Å². The van der Waals surface area contributed by atoms with Gasteiger partial charge in [-0.05, 0) is 40.5 Å². The number of hydrogen-bond donors (Lipinski definition) is 1. The van der Waals surface area contributed by atoms with Gasteiger partial charge in [0, 0.05) is 71.9 Å². The molecule has 0 bridgehead atoms. The highest BCUT2D eigenvalue weighted by Crippen LogP contribution is 2.23. The first-order valence-corrected chi connectivity index (χ1v) is 16.2. The van der Waals surface area contributed by atoms with Crippen LogP contribution in [0, 0.1) is 0 Å². The average molecular weight is 576 g/mol. The van der Waals surface area contributed by atoms with Crippen LogP contribution < -0.4 is 4.57 Å². The fraction of sp³-hybridized carbons (Fsp3) is 0.143. The second kappa shape index (κ2) is 14.6. The molecule has 5 rings (SSSR count). The van der Waals surface area contributed by atoms with Crippen LogP contribution in [0.25, 0.3) is 40.0 Å². The highest BCUT2D eigenvalue weighted by molar-refractivity contribution is 8.76. The number of aliphatic imine (C=N–C) groups is 1. The molecule has 0 atom stereocenters. The van der Waals surface area contributed by atoms with Crippen LogP contribution in [0.2, 0.25) is 0 Å². The van der Waals surface area contributed by atoms with Gasteiger partial charge in [-0.25, -0.2) is 4.57 Å². The third-order valence-electron chi connectivity index (χ3n) is 6.80. The van der Waals surface area contributed by atoms with E-state index in [1.54, 1.807) is 0 Å². The standard InChI is InChI=1S/C35H35N4S2/c1-3-28(12-14-30-26-37-34-10-6-4-8-32(30)34)16-19-36-20-24-40-41-25-23-39-21-17-29(18-22-39)13-15-31-27-38(2)35-11-7-5-9-33(31)35/h3-19,21-22,26-27,37H,1,20,23-25H2,2H3/q+1/b14-12+,28-16+,36-19?. The molecule has 0 aliphatic carbocycles. The third-order valence-corrected chi connectivity index (χ3v) is 9.17. The van der Waals surface area contributed by atoms with Gasteiger partial charge in [-0.1, -0.05) is 94.9 Å². The molecule has 0 unspecified atom stereocenters. The molecule has 6 heteroatoms. The van der Waals surface area contributed by atoms with E-state index in [1.165, 1.54) is 33.0 Å². The molecule has 2 aromatic carbocycles. The Morgan fingerprint density at radius 1 is 0.927 bits per heavy atom. The van der Waals surface area contributed by atoms with Gasteiger partial charge in [0.25, 0.3) is 0 Å². The number of pyridine rings is 1. The number of fused-ring (bicyclic) bond motifs is 2. The molecule has 0 spiro atoms. The number of para-hydroxylation sites is 2. The maximum Gasteiger partial charge on any atom is 0.169 e. The highest BCUT2D eigenvalue weighted by Gasteiger charge is 2.04. The van der Waals surface area contributed by atoms with Gasteiger partial charge in [-0.2, -0.15) is 0 Å². The number of rotatable bonds is 13. The topological polar surface area (TPSA) is 37.0 Å². The molecule has 0 fully saturated rings. The summed E-state index contributed by atoms with van der Waals surface area (Å²) in [5.41, 5.74) is 7.05. The van der Waals surface area contributed by atoms with Crippen LogP contribution >= 0.6 is 21.6 Å². The number of nitrogens with zero attached hydrogens (tertiary/aromatic N) is 3. The lowest BCUT2D eigenvalue weighted by atomic mass is 10.1. The van der Waals surface area contributed by atoms with Crippen LogP contribution in [0.5, 0.6) is 0 Å². The maximum atomic E-state index is 4.54. The van der Waals surface area contributed by atoms with Crippen molar-refractivity contribution >= 4 is 67.8 Å². The Kier molecular flexibility index (Phi) is 10.1. The molecule has 3 aromatic heterocycles. The van der Waals surface area contributed by atoms with Crippen molar-refractivity contribution in [1.82, 2.24) is 9.55 Å². The van der Waals surface area contributed by atoms with Gasteiger partial charge in [0.05, 0.1) is 5.75 Å². The van der Waals surface area contributed by atoms with E-state index in [-0.39, 0.29) is 0 Å². The predicted octanol–water partition coefficient (Wildman–Crippen LogP) is 8.40. The van der Waals surface area contributed by atoms with Crippen LogP contribution in [-0.2, 0) is 13.6 Å². The third kappa shape index (κ3) is 7.81. The minimum atomic E-state index is 0.801. The fourth-order valence-corrected chi connectivity index (χ4v) is 6.45. The van der Waals surface area contributed by atoms with E-state index >= 15 is 0 Å². The summed E-state index contributed by atoms with van der Waals surface area (Å²) in [6, 6.07) is 21.2. The van der Waals surface area contributed by atoms with Crippen molar-refractivity contribution in [3.05, 3.63) is 133 Å². The molecule has 0 radical (unpaired) electrons. The summed E-state index contributed by atoms with van der Waals surface area (Å²) in [7, 11) is 5.87. The van der Waals surface area contributed by atoms with Crippen LogP contribution in [-0.4, -0.2) is 33.8 Å². The van der Waals surface area contributed by atoms with Crippen molar-refractivity contribution in [3.8, 4) is 0 Å². The van der Waals surface area contributed by atoms with Crippen LogP contribution in [0.4, 0.5) is 0 Å². The Morgan fingerprint density at radius 2 is 1.71 bits per heavy atom. The molecule has 0 saturated heterocycles. The average Bonchev–Trinajstić information content (AvgIpc) is 3.57. The summed E-state index contributed by atoms with van der Waals surface area (Å²) in [4.78, 5) is 7.85. The first-order chi connectivity index (χ1) is 20.2. The van der Waals surface area contributed by atoms with Crippen LogP contribution in [0.3, 0.4) is 0 Å². The van der Waals surface area contributed by atoms with Gasteiger partial charge in [-0.15, -0.1) is 0 Å². The number of allylic oxidation sites excluding steroid dienone is 4. The second-order valence-electron chi connectivity index (χ2n) is 9.61. The van der Waals surface area contributed by atoms with Gasteiger partial charge >= 0.3 is 0 Å². The molecule has 0 saturated carbocycles. The van der Waals surface area contributed by atoms with Crippen molar-refractivity contribution in [2.75, 3.05) is 18.1 Å². The summed E-state index contributed by atoms with van der Waals surface area (Å²) in [5, 5.41) is 2.50. The van der Waals surface area contributed by atoms with Gasteiger partial charge in [0.15, 0.2) is 18.9 Å². The summed E-state index contributed by atoms with van der Waals surface area (Å²) >= 11 is 0. The number of hydrogen-bond acceptors (Lipinski definition) is 3. The number of H-pyrrole nitrogens is 1. The van der Waals surface area contributed by atoms with Crippen LogP contribution in [0.1, 0.15) is 16.7 Å².